The Morgan fingerprint density at radius 2 is 1.50 bits per heavy atom. The Labute approximate surface area is 307 Å². The Balaban J connectivity index is 1.15. The van der Waals surface area contributed by atoms with Crippen molar-refractivity contribution in [3.8, 4) is 23.0 Å². The van der Waals surface area contributed by atoms with Crippen molar-refractivity contribution in [2.24, 2.45) is 5.92 Å². The lowest BCUT2D eigenvalue weighted by Crippen LogP contribution is -2.20. The van der Waals surface area contributed by atoms with Crippen LogP contribution in [0.5, 0.6) is 11.5 Å². The molecule has 3 atom stereocenters. The monoisotopic (exact) mass is 684 g/mol. The number of allylic oxidation sites excluding steroid dienone is 2. The number of aromatic nitrogens is 4. The maximum Gasteiger partial charge on any atom is 0.137 e. The molecular weight excluding hydrogens is 637 g/mol. The van der Waals surface area contributed by atoms with Crippen LogP contribution in [-0.4, -0.2) is 19.3 Å². The molecule has 1 aliphatic rings. The highest BCUT2D eigenvalue weighted by molar-refractivity contribution is 6.09. The lowest BCUT2D eigenvalue weighted by atomic mass is 9.70. The van der Waals surface area contributed by atoms with E-state index in [4.69, 9.17) is 14.8 Å². The quantitative estimate of drug-likeness (QED) is 0.164. The SMILES string of the molecule is CC1=C[C@@H](c2ccccc2)C[C@H](C)[C@@H]1c1c(C)nn(-c2cc(C)cc(Oc3ccc4c5ccccc5n(-c5cc(C(C)(C)C)ccn5)c4c3)c2)c1C. The third kappa shape index (κ3) is 6.02. The normalized spacial score (nSPS) is 17.8. The van der Waals surface area contributed by atoms with Gasteiger partial charge >= 0.3 is 0 Å². The van der Waals surface area contributed by atoms with Gasteiger partial charge in [-0.3, -0.25) is 4.57 Å². The second kappa shape index (κ2) is 13.0. The number of benzene rings is 4. The number of pyridine rings is 1. The van der Waals surface area contributed by atoms with Gasteiger partial charge in [-0.2, -0.15) is 5.10 Å². The number of hydrogen-bond acceptors (Lipinski definition) is 3. The van der Waals surface area contributed by atoms with E-state index in [-0.39, 0.29) is 5.41 Å². The molecule has 5 heteroatoms. The number of nitrogens with zero attached hydrogens (tertiary/aromatic N) is 4. The molecule has 52 heavy (non-hydrogen) atoms. The summed E-state index contributed by atoms with van der Waals surface area (Å²) in [5.74, 6) is 3.75. The van der Waals surface area contributed by atoms with Crippen LogP contribution in [0.3, 0.4) is 0 Å². The van der Waals surface area contributed by atoms with Crippen molar-refractivity contribution in [3.05, 3.63) is 155 Å². The Bertz CT molecular complexity index is 2480. The Kier molecular flexibility index (Phi) is 8.41. The topological polar surface area (TPSA) is 44.9 Å². The zero-order valence-corrected chi connectivity index (χ0v) is 31.6. The lowest BCUT2D eigenvalue weighted by molar-refractivity contribution is 0.420. The van der Waals surface area contributed by atoms with Crippen LogP contribution in [0.1, 0.15) is 86.5 Å². The van der Waals surface area contributed by atoms with E-state index in [1.165, 1.54) is 38.7 Å². The molecule has 7 aromatic rings. The molecule has 0 fully saturated rings. The zero-order valence-electron chi connectivity index (χ0n) is 31.6. The minimum absolute atomic E-state index is 0.00937. The summed E-state index contributed by atoms with van der Waals surface area (Å²) in [6.07, 6.45) is 5.53. The molecule has 4 aromatic carbocycles. The van der Waals surface area contributed by atoms with E-state index >= 15 is 0 Å². The molecule has 0 unspecified atom stereocenters. The smallest absolute Gasteiger partial charge is 0.137 e. The van der Waals surface area contributed by atoms with Crippen LogP contribution in [0.2, 0.25) is 0 Å². The maximum absolute atomic E-state index is 6.69. The molecule has 0 bridgehead atoms. The van der Waals surface area contributed by atoms with E-state index in [1.807, 2.05) is 6.20 Å². The average molecular weight is 685 g/mol. The highest BCUT2D eigenvalue weighted by Gasteiger charge is 2.33. The van der Waals surface area contributed by atoms with Gasteiger partial charge in [0.15, 0.2) is 0 Å². The number of ether oxygens (including phenoxy) is 1. The summed E-state index contributed by atoms with van der Waals surface area (Å²) in [5.41, 5.74) is 12.0. The molecule has 0 radical (unpaired) electrons. The minimum Gasteiger partial charge on any atom is -0.457 e. The van der Waals surface area contributed by atoms with Crippen molar-refractivity contribution in [3.63, 3.8) is 0 Å². The molecule has 3 aromatic heterocycles. The lowest BCUT2D eigenvalue weighted by Gasteiger charge is -2.34. The molecule has 0 N–H and O–H groups in total. The summed E-state index contributed by atoms with van der Waals surface area (Å²) in [6.45, 7) is 17.9. The molecule has 0 spiro atoms. The van der Waals surface area contributed by atoms with E-state index < -0.39 is 0 Å². The van der Waals surface area contributed by atoms with Crippen LogP contribution < -0.4 is 4.74 Å². The summed E-state index contributed by atoms with van der Waals surface area (Å²) >= 11 is 0. The van der Waals surface area contributed by atoms with Gasteiger partial charge in [0, 0.05) is 52.2 Å². The summed E-state index contributed by atoms with van der Waals surface area (Å²) in [5, 5.41) is 7.51. The van der Waals surface area contributed by atoms with Gasteiger partial charge in [0.05, 0.1) is 22.4 Å². The first kappa shape index (κ1) is 33.7. The Morgan fingerprint density at radius 1 is 0.750 bits per heavy atom. The van der Waals surface area contributed by atoms with Crippen LogP contribution in [0.15, 0.2) is 121 Å². The number of hydrogen-bond donors (Lipinski definition) is 0. The second-order valence-corrected chi connectivity index (χ2v) is 15.9. The largest absolute Gasteiger partial charge is 0.457 e. The van der Waals surface area contributed by atoms with Crippen LogP contribution in [-0.2, 0) is 5.41 Å². The number of aryl methyl sites for hydroxylation is 2. The highest BCUT2D eigenvalue weighted by atomic mass is 16.5. The molecule has 0 saturated carbocycles. The van der Waals surface area contributed by atoms with Crippen LogP contribution in [0.25, 0.3) is 33.3 Å². The summed E-state index contributed by atoms with van der Waals surface area (Å²) in [7, 11) is 0. The van der Waals surface area contributed by atoms with Gasteiger partial charge in [-0.25, -0.2) is 9.67 Å². The highest BCUT2D eigenvalue weighted by Crippen LogP contribution is 2.46. The predicted molar refractivity (Wildman–Crippen MR) is 215 cm³/mol. The molecule has 0 aliphatic heterocycles. The summed E-state index contributed by atoms with van der Waals surface area (Å²) < 4.78 is 11.1. The summed E-state index contributed by atoms with van der Waals surface area (Å²) in [4.78, 5) is 4.85. The van der Waals surface area contributed by atoms with Gasteiger partial charge in [0.1, 0.15) is 17.3 Å². The van der Waals surface area contributed by atoms with E-state index in [0.29, 0.717) is 17.8 Å². The standard InChI is InChI=1S/C47H48N4O/c1-29-22-37(51-33(5)46(32(4)49-51)45-30(2)24-35(25-31(45)3)34-14-10-9-11-15-34)27-39(23-29)52-38-18-19-41-40-16-12-13-17-42(40)50(43(41)28-38)44-26-36(20-21-48-44)47(6,7)8/h9-24,26-28,31,35,45H,25H2,1-8H3/t31-,35+,45+/m0/s1. The van der Waals surface area contributed by atoms with E-state index in [9.17, 15) is 0 Å². The molecule has 1 aliphatic carbocycles. The van der Waals surface area contributed by atoms with Gasteiger partial charge < -0.3 is 4.74 Å². The third-order valence-electron chi connectivity index (χ3n) is 11.0. The van der Waals surface area contributed by atoms with Crippen molar-refractivity contribution in [1.29, 1.82) is 0 Å². The first-order chi connectivity index (χ1) is 25.0. The molecule has 5 nitrogen and oxygen atoms in total. The molecule has 8 rings (SSSR count). The second-order valence-electron chi connectivity index (χ2n) is 15.9. The van der Waals surface area contributed by atoms with Gasteiger partial charge in [-0.1, -0.05) is 87.9 Å². The van der Waals surface area contributed by atoms with E-state index in [0.717, 1.165) is 51.7 Å². The third-order valence-corrected chi connectivity index (χ3v) is 11.0. The number of fused-ring (bicyclic) bond motifs is 3. The van der Waals surface area contributed by atoms with Crippen LogP contribution in [0.4, 0.5) is 0 Å². The van der Waals surface area contributed by atoms with Gasteiger partial charge in [-0.15, -0.1) is 0 Å². The fourth-order valence-electron chi connectivity index (χ4n) is 8.59. The van der Waals surface area contributed by atoms with Crippen LogP contribution >= 0.6 is 0 Å². The average Bonchev–Trinajstić information content (AvgIpc) is 3.60. The number of rotatable bonds is 6. The van der Waals surface area contributed by atoms with Crippen molar-refractivity contribution in [1.82, 2.24) is 19.3 Å². The van der Waals surface area contributed by atoms with Crippen molar-refractivity contribution in [2.75, 3.05) is 0 Å². The van der Waals surface area contributed by atoms with Gasteiger partial charge in [0.2, 0.25) is 0 Å². The van der Waals surface area contributed by atoms with Crippen molar-refractivity contribution < 1.29 is 4.74 Å². The zero-order chi connectivity index (χ0) is 36.3. The molecular formula is C47H48N4O. The Morgan fingerprint density at radius 3 is 2.27 bits per heavy atom. The van der Waals surface area contributed by atoms with Gasteiger partial charge in [0.25, 0.3) is 0 Å². The minimum atomic E-state index is 0.00937. The first-order valence-electron chi connectivity index (χ1n) is 18.6. The van der Waals surface area contributed by atoms with Gasteiger partial charge in [-0.05, 0) is 105 Å². The van der Waals surface area contributed by atoms with Crippen LogP contribution in [0, 0.1) is 26.7 Å². The van der Waals surface area contributed by atoms with E-state index in [1.54, 1.807) is 0 Å². The fourth-order valence-corrected chi connectivity index (χ4v) is 8.59. The molecule has 0 saturated heterocycles. The predicted octanol–water partition coefficient (Wildman–Crippen LogP) is 12.2. The number of para-hydroxylation sites is 1. The molecule has 3 heterocycles. The fraction of sp³-hybridized carbons (Fsp3) is 0.277. The Hall–Kier alpha value is -5.42. The first-order valence-corrected chi connectivity index (χ1v) is 18.6. The molecule has 262 valence electrons. The summed E-state index contributed by atoms with van der Waals surface area (Å²) in [6, 6.07) is 36.6. The molecule has 0 amide bonds. The van der Waals surface area contributed by atoms with Crippen molar-refractivity contribution in [2.45, 2.75) is 79.1 Å². The van der Waals surface area contributed by atoms with Crippen molar-refractivity contribution >= 4 is 21.8 Å². The maximum atomic E-state index is 6.69. The van der Waals surface area contributed by atoms with E-state index in [2.05, 4.69) is 174 Å².